The van der Waals surface area contributed by atoms with Gasteiger partial charge in [0.2, 0.25) is 0 Å². The highest BCUT2D eigenvalue weighted by Gasteiger charge is 2.25. The SMILES string of the molecule is COP(=O)(OC)/C(C)=N/N. The smallest absolute Gasteiger partial charge is 0.323 e. The minimum Gasteiger partial charge on any atom is -0.323 e. The second kappa shape index (κ2) is 3.71. The topological polar surface area (TPSA) is 73.9 Å². The summed E-state index contributed by atoms with van der Waals surface area (Å²) in [6.45, 7) is 1.48. The van der Waals surface area contributed by atoms with Crippen LogP contribution in [0.1, 0.15) is 6.92 Å². The van der Waals surface area contributed by atoms with Crippen LogP contribution in [0.4, 0.5) is 0 Å². The molecule has 0 fully saturated rings. The zero-order valence-electron chi connectivity index (χ0n) is 6.20. The molecular weight excluding hydrogens is 155 g/mol. The predicted octanol–water partition coefficient (Wildman–Crippen LogP) is 0.764. The largest absolute Gasteiger partial charge is 0.376 e. The minimum absolute atomic E-state index is 0.164. The van der Waals surface area contributed by atoms with Crippen LogP contribution < -0.4 is 5.84 Å². The molecule has 10 heavy (non-hydrogen) atoms. The highest BCUT2D eigenvalue weighted by molar-refractivity contribution is 7.72. The monoisotopic (exact) mass is 166 g/mol. The highest BCUT2D eigenvalue weighted by atomic mass is 31.2. The Bertz CT molecular complexity index is 171. The lowest BCUT2D eigenvalue weighted by atomic mass is 10.9. The fraction of sp³-hybridized carbons (Fsp3) is 0.750. The fourth-order valence-corrected chi connectivity index (χ4v) is 1.23. The van der Waals surface area contributed by atoms with Crippen LogP contribution in [0, 0.1) is 0 Å². The van der Waals surface area contributed by atoms with Gasteiger partial charge in [0.25, 0.3) is 0 Å². The Hall–Kier alpha value is -0.380. The second-order valence-electron chi connectivity index (χ2n) is 1.54. The lowest BCUT2D eigenvalue weighted by Gasteiger charge is -2.10. The summed E-state index contributed by atoms with van der Waals surface area (Å²) in [5.41, 5.74) is 0.164. The zero-order chi connectivity index (χ0) is 8.20. The first-order valence-electron chi connectivity index (χ1n) is 2.57. The van der Waals surface area contributed by atoms with Gasteiger partial charge < -0.3 is 14.9 Å². The third-order valence-corrected chi connectivity index (χ3v) is 2.93. The van der Waals surface area contributed by atoms with Gasteiger partial charge in [-0.05, 0) is 6.92 Å². The van der Waals surface area contributed by atoms with E-state index in [1.54, 1.807) is 0 Å². The molecule has 0 heterocycles. The van der Waals surface area contributed by atoms with Crippen molar-refractivity contribution in [1.82, 2.24) is 0 Å². The summed E-state index contributed by atoms with van der Waals surface area (Å²) in [6, 6.07) is 0. The first-order valence-corrected chi connectivity index (χ1v) is 4.11. The van der Waals surface area contributed by atoms with Crippen LogP contribution in [-0.2, 0) is 13.6 Å². The van der Waals surface area contributed by atoms with Crippen molar-refractivity contribution in [2.24, 2.45) is 10.9 Å². The first-order chi connectivity index (χ1) is 4.60. The standard InChI is InChI=1S/C4H11N2O3P/c1-4(6-5)10(7,8-2)9-3/h5H2,1-3H3/b6-4+. The van der Waals surface area contributed by atoms with Gasteiger partial charge in [-0.2, -0.15) is 5.10 Å². The van der Waals surface area contributed by atoms with Crippen LogP contribution in [0.5, 0.6) is 0 Å². The maximum absolute atomic E-state index is 11.2. The maximum Gasteiger partial charge on any atom is 0.376 e. The van der Waals surface area contributed by atoms with Crippen molar-refractivity contribution in [3.05, 3.63) is 0 Å². The van der Waals surface area contributed by atoms with E-state index in [1.807, 2.05) is 0 Å². The van der Waals surface area contributed by atoms with Gasteiger partial charge >= 0.3 is 7.60 Å². The Labute approximate surface area is 59.7 Å². The van der Waals surface area contributed by atoms with E-state index in [9.17, 15) is 4.57 Å². The van der Waals surface area contributed by atoms with Crippen molar-refractivity contribution in [3.8, 4) is 0 Å². The Balaban J connectivity index is 4.50. The molecule has 60 valence electrons. The van der Waals surface area contributed by atoms with E-state index in [1.165, 1.54) is 21.1 Å². The van der Waals surface area contributed by atoms with Crippen LogP contribution in [0.25, 0.3) is 0 Å². The van der Waals surface area contributed by atoms with Crippen molar-refractivity contribution < 1.29 is 13.6 Å². The van der Waals surface area contributed by atoms with Gasteiger partial charge in [0.05, 0.1) is 0 Å². The average molecular weight is 166 g/mol. The van der Waals surface area contributed by atoms with Crippen molar-refractivity contribution in [2.45, 2.75) is 6.92 Å². The summed E-state index contributed by atoms with van der Waals surface area (Å²) < 4.78 is 20.4. The van der Waals surface area contributed by atoms with Gasteiger partial charge in [0.15, 0.2) is 0 Å². The maximum atomic E-state index is 11.2. The van der Waals surface area contributed by atoms with E-state index < -0.39 is 7.60 Å². The average Bonchev–Trinajstić information content (AvgIpc) is 2.01. The van der Waals surface area contributed by atoms with Gasteiger partial charge in [0.1, 0.15) is 5.45 Å². The summed E-state index contributed by atoms with van der Waals surface area (Å²) in [5, 5.41) is 3.21. The van der Waals surface area contributed by atoms with Crippen LogP contribution in [0.15, 0.2) is 5.10 Å². The molecule has 0 saturated carbocycles. The van der Waals surface area contributed by atoms with E-state index >= 15 is 0 Å². The van der Waals surface area contributed by atoms with Crippen molar-refractivity contribution in [3.63, 3.8) is 0 Å². The number of hydrogen-bond donors (Lipinski definition) is 1. The van der Waals surface area contributed by atoms with E-state index in [-0.39, 0.29) is 5.45 Å². The molecule has 0 aliphatic heterocycles. The van der Waals surface area contributed by atoms with Gasteiger partial charge in [-0.1, -0.05) is 0 Å². The molecule has 0 unspecified atom stereocenters. The molecule has 0 aromatic rings. The predicted molar refractivity (Wildman–Crippen MR) is 38.9 cm³/mol. The molecule has 0 rings (SSSR count). The molecule has 0 atom stereocenters. The summed E-state index contributed by atoms with van der Waals surface area (Å²) in [7, 11) is -0.594. The van der Waals surface area contributed by atoms with E-state index in [0.29, 0.717) is 0 Å². The Morgan fingerprint density at radius 3 is 2.00 bits per heavy atom. The zero-order valence-corrected chi connectivity index (χ0v) is 7.09. The third kappa shape index (κ3) is 1.80. The molecular formula is C4H11N2O3P. The van der Waals surface area contributed by atoms with Gasteiger partial charge in [-0.3, -0.25) is 4.57 Å². The Morgan fingerprint density at radius 1 is 1.50 bits per heavy atom. The molecule has 0 aliphatic rings. The third-order valence-electron chi connectivity index (χ3n) is 1.06. The quantitative estimate of drug-likeness (QED) is 0.291. The number of hydrogen-bond acceptors (Lipinski definition) is 5. The Kier molecular flexibility index (Phi) is 3.57. The van der Waals surface area contributed by atoms with Crippen LogP contribution in [-0.4, -0.2) is 19.7 Å². The van der Waals surface area contributed by atoms with Crippen LogP contribution >= 0.6 is 7.60 Å². The van der Waals surface area contributed by atoms with Crippen molar-refractivity contribution in [2.75, 3.05) is 14.2 Å². The lowest BCUT2D eigenvalue weighted by Crippen LogP contribution is -2.01. The number of nitrogens with zero attached hydrogens (tertiary/aromatic N) is 1. The van der Waals surface area contributed by atoms with E-state index in [2.05, 4.69) is 14.1 Å². The summed E-state index contributed by atoms with van der Waals surface area (Å²) in [5.74, 6) is 4.87. The molecule has 0 bridgehead atoms. The molecule has 0 spiro atoms. The first kappa shape index (κ1) is 9.62. The molecule has 0 aromatic carbocycles. The molecule has 0 aliphatic carbocycles. The van der Waals surface area contributed by atoms with Gasteiger partial charge in [0, 0.05) is 14.2 Å². The Morgan fingerprint density at radius 2 is 1.90 bits per heavy atom. The molecule has 6 heteroatoms. The fourth-order valence-electron chi connectivity index (χ4n) is 0.409. The molecule has 0 aromatic heterocycles. The van der Waals surface area contributed by atoms with E-state index in [4.69, 9.17) is 5.84 Å². The van der Waals surface area contributed by atoms with Crippen LogP contribution in [0.3, 0.4) is 0 Å². The normalized spacial score (nSPS) is 13.7. The van der Waals surface area contributed by atoms with Crippen molar-refractivity contribution >= 4 is 13.0 Å². The number of rotatable bonds is 3. The molecule has 0 amide bonds. The van der Waals surface area contributed by atoms with Crippen LogP contribution in [0.2, 0.25) is 0 Å². The molecule has 0 saturated heterocycles. The summed E-state index contributed by atoms with van der Waals surface area (Å²) >= 11 is 0. The second-order valence-corrected chi connectivity index (χ2v) is 3.91. The van der Waals surface area contributed by atoms with Crippen molar-refractivity contribution in [1.29, 1.82) is 0 Å². The number of nitrogens with two attached hydrogens (primary N) is 1. The molecule has 5 nitrogen and oxygen atoms in total. The number of hydrazone groups is 1. The minimum atomic E-state index is -3.15. The molecule has 0 radical (unpaired) electrons. The summed E-state index contributed by atoms with van der Waals surface area (Å²) in [4.78, 5) is 0. The highest BCUT2D eigenvalue weighted by Crippen LogP contribution is 2.47. The van der Waals surface area contributed by atoms with Gasteiger partial charge in [-0.25, -0.2) is 0 Å². The van der Waals surface area contributed by atoms with E-state index in [0.717, 1.165) is 0 Å². The van der Waals surface area contributed by atoms with Gasteiger partial charge in [-0.15, -0.1) is 0 Å². The molecule has 2 N–H and O–H groups in total. The lowest BCUT2D eigenvalue weighted by molar-refractivity contribution is 0.290. The summed E-state index contributed by atoms with van der Waals surface area (Å²) in [6.07, 6.45) is 0.